The lowest BCUT2D eigenvalue weighted by molar-refractivity contribution is -0.124. The van der Waals surface area contributed by atoms with Crippen molar-refractivity contribution in [3.63, 3.8) is 0 Å². The largest absolute Gasteiger partial charge is 0.361 e. The molecule has 8 heteroatoms. The van der Waals surface area contributed by atoms with E-state index in [1.807, 2.05) is 0 Å². The third-order valence-electron chi connectivity index (χ3n) is 5.17. The van der Waals surface area contributed by atoms with Gasteiger partial charge in [-0.1, -0.05) is 12.1 Å². The summed E-state index contributed by atoms with van der Waals surface area (Å²) in [5.74, 6) is -1.36. The fourth-order valence-corrected chi connectivity index (χ4v) is 3.65. The first kappa shape index (κ1) is 19.6. The van der Waals surface area contributed by atoms with Gasteiger partial charge >= 0.3 is 0 Å². The second kappa shape index (κ2) is 7.98. The van der Waals surface area contributed by atoms with Crippen LogP contribution in [0.15, 0.2) is 48.7 Å². The molecular formula is C22H21FN4O3. The van der Waals surface area contributed by atoms with Crippen molar-refractivity contribution in [1.82, 2.24) is 15.6 Å². The maximum Gasteiger partial charge on any atom is 0.254 e. The van der Waals surface area contributed by atoms with Crippen molar-refractivity contribution in [3.8, 4) is 0 Å². The van der Waals surface area contributed by atoms with Gasteiger partial charge in [0, 0.05) is 23.6 Å². The molecular weight excluding hydrogens is 387 g/mol. The second-order valence-corrected chi connectivity index (χ2v) is 7.24. The number of aromatic nitrogens is 1. The number of para-hydroxylation sites is 1. The Labute approximate surface area is 172 Å². The minimum absolute atomic E-state index is 0.197. The number of carbonyl (C=O) groups is 3. The molecule has 2 heterocycles. The zero-order chi connectivity index (χ0) is 21.3. The number of hydrogen-bond donors (Lipinski definition) is 3. The zero-order valence-electron chi connectivity index (χ0n) is 16.4. The molecule has 1 aliphatic heterocycles. The molecule has 2 aromatic carbocycles. The normalized spacial score (nSPS) is 16.2. The van der Waals surface area contributed by atoms with Gasteiger partial charge in [-0.2, -0.15) is 0 Å². The van der Waals surface area contributed by atoms with Crippen LogP contribution < -0.4 is 15.5 Å². The van der Waals surface area contributed by atoms with Crippen LogP contribution in [0.5, 0.6) is 0 Å². The molecule has 30 heavy (non-hydrogen) atoms. The smallest absolute Gasteiger partial charge is 0.254 e. The summed E-state index contributed by atoms with van der Waals surface area (Å²) in [6.07, 6.45) is 2.31. The van der Waals surface area contributed by atoms with Crippen molar-refractivity contribution in [2.24, 2.45) is 0 Å². The van der Waals surface area contributed by atoms with Gasteiger partial charge in [-0.3, -0.25) is 14.4 Å². The Morgan fingerprint density at radius 1 is 1.20 bits per heavy atom. The molecule has 3 amide bonds. The van der Waals surface area contributed by atoms with E-state index in [1.165, 1.54) is 17.0 Å². The summed E-state index contributed by atoms with van der Waals surface area (Å²) in [4.78, 5) is 42.0. The first-order valence-electron chi connectivity index (χ1n) is 9.67. The lowest BCUT2D eigenvalue weighted by Crippen LogP contribution is -2.47. The number of carbonyl (C=O) groups excluding carboxylic acids is 3. The summed E-state index contributed by atoms with van der Waals surface area (Å²) in [5, 5.41) is 6.21. The van der Waals surface area contributed by atoms with Gasteiger partial charge in [-0.05, 0) is 49.2 Å². The van der Waals surface area contributed by atoms with E-state index < -0.39 is 6.04 Å². The Bertz CT molecular complexity index is 1140. The molecule has 1 aliphatic rings. The number of nitrogens with one attached hydrogen (secondary N) is 3. The van der Waals surface area contributed by atoms with E-state index in [0.29, 0.717) is 24.2 Å². The highest BCUT2D eigenvalue weighted by Gasteiger charge is 2.32. The molecule has 0 aliphatic carbocycles. The van der Waals surface area contributed by atoms with Crippen LogP contribution in [0, 0.1) is 5.82 Å². The Hall–Kier alpha value is -3.68. The maximum atomic E-state index is 13.5. The molecule has 0 radical (unpaired) electrons. The molecule has 3 N–H and O–H groups in total. The van der Waals surface area contributed by atoms with Gasteiger partial charge < -0.3 is 20.5 Å². The van der Waals surface area contributed by atoms with Crippen LogP contribution >= 0.6 is 0 Å². The lowest BCUT2D eigenvalue weighted by atomic mass is 10.1. The monoisotopic (exact) mass is 408 g/mol. The Morgan fingerprint density at radius 3 is 2.83 bits per heavy atom. The minimum atomic E-state index is -0.737. The van der Waals surface area contributed by atoms with Gasteiger partial charge in [0.25, 0.3) is 5.91 Å². The molecule has 0 saturated heterocycles. The quantitative estimate of drug-likeness (QED) is 0.604. The second-order valence-electron chi connectivity index (χ2n) is 7.24. The summed E-state index contributed by atoms with van der Waals surface area (Å²) in [7, 11) is 0. The average Bonchev–Trinajstić information content (AvgIpc) is 3.10. The molecule has 0 fully saturated rings. The van der Waals surface area contributed by atoms with Crippen molar-refractivity contribution >= 4 is 34.3 Å². The van der Waals surface area contributed by atoms with Gasteiger partial charge in [-0.25, -0.2) is 4.39 Å². The number of nitrogens with zero attached hydrogens (tertiary/aromatic N) is 1. The lowest BCUT2D eigenvalue weighted by Gasteiger charge is -2.23. The molecule has 3 aromatic rings. The van der Waals surface area contributed by atoms with Crippen LogP contribution in [0.1, 0.15) is 22.8 Å². The number of rotatable bonds is 5. The minimum Gasteiger partial charge on any atom is -0.361 e. The van der Waals surface area contributed by atoms with Gasteiger partial charge in [0.05, 0.1) is 11.3 Å². The summed E-state index contributed by atoms with van der Waals surface area (Å²) in [5.41, 5.74) is 2.48. The number of hydrogen-bond acceptors (Lipinski definition) is 3. The van der Waals surface area contributed by atoms with Gasteiger partial charge in [0.15, 0.2) is 0 Å². The summed E-state index contributed by atoms with van der Waals surface area (Å²) >= 11 is 0. The Balaban J connectivity index is 1.44. The van der Waals surface area contributed by atoms with Crippen molar-refractivity contribution in [2.45, 2.75) is 19.4 Å². The zero-order valence-corrected chi connectivity index (χ0v) is 16.4. The Kier molecular flexibility index (Phi) is 5.22. The van der Waals surface area contributed by atoms with E-state index in [2.05, 4.69) is 15.6 Å². The third kappa shape index (κ3) is 3.76. The van der Waals surface area contributed by atoms with Gasteiger partial charge in [0.1, 0.15) is 18.4 Å². The predicted molar refractivity (Wildman–Crippen MR) is 111 cm³/mol. The first-order chi connectivity index (χ1) is 14.4. The highest BCUT2D eigenvalue weighted by Crippen LogP contribution is 2.24. The van der Waals surface area contributed by atoms with Crippen molar-refractivity contribution < 1.29 is 18.8 Å². The molecule has 7 nitrogen and oxygen atoms in total. The average molecular weight is 408 g/mol. The van der Waals surface area contributed by atoms with Crippen LogP contribution in [0.25, 0.3) is 10.9 Å². The number of halogens is 1. The van der Waals surface area contributed by atoms with Crippen molar-refractivity contribution in [1.29, 1.82) is 0 Å². The number of H-pyrrole nitrogens is 1. The number of anilines is 1. The van der Waals surface area contributed by atoms with Crippen LogP contribution in [0.3, 0.4) is 0 Å². The van der Waals surface area contributed by atoms with Crippen molar-refractivity contribution in [2.75, 3.05) is 18.0 Å². The summed E-state index contributed by atoms with van der Waals surface area (Å²) in [6.45, 7) is 1.73. The molecule has 1 atom stereocenters. The van der Waals surface area contributed by atoms with E-state index in [0.717, 1.165) is 16.5 Å². The number of fused-ring (bicyclic) bond motifs is 2. The topological polar surface area (TPSA) is 94.3 Å². The molecule has 0 spiro atoms. The van der Waals surface area contributed by atoms with Crippen LogP contribution in [-0.4, -0.2) is 41.8 Å². The van der Waals surface area contributed by atoms with Crippen LogP contribution in [0.4, 0.5) is 10.1 Å². The number of aromatic amines is 1. The molecule has 1 aromatic heterocycles. The number of amides is 3. The maximum absolute atomic E-state index is 13.5. The van der Waals surface area contributed by atoms with E-state index in [9.17, 15) is 18.8 Å². The SMILES string of the molecule is C[C@@H]1NC(=O)c2ccccc2N(CC(=O)NCCc2c[nH]c3ccc(F)cc23)C1=O. The molecule has 4 rings (SSSR count). The molecule has 154 valence electrons. The Morgan fingerprint density at radius 2 is 2.00 bits per heavy atom. The summed E-state index contributed by atoms with van der Waals surface area (Å²) in [6, 6.07) is 10.5. The van der Waals surface area contributed by atoms with E-state index >= 15 is 0 Å². The van der Waals surface area contributed by atoms with E-state index in [1.54, 1.807) is 43.5 Å². The van der Waals surface area contributed by atoms with Crippen LogP contribution in [0.2, 0.25) is 0 Å². The van der Waals surface area contributed by atoms with Crippen molar-refractivity contribution in [3.05, 3.63) is 65.6 Å². The highest BCUT2D eigenvalue weighted by atomic mass is 19.1. The standard InChI is InChI=1S/C22H21FN4O3/c1-13-22(30)27(19-5-3-2-4-16(19)21(29)26-13)12-20(28)24-9-8-14-11-25-18-7-6-15(23)10-17(14)18/h2-7,10-11,13,25H,8-9,12H2,1H3,(H,24,28)(H,26,29)/t13-/m0/s1. The van der Waals surface area contributed by atoms with Crippen LogP contribution in [-0.2, 0) is 16.0 Å². The predicted octanol–water partition coefficient (Wildman–Crippen LogP) is 2.13. The van der Waals surface area contributed by atoms with Gasteiger partial charge in [-0.15, -0.1) is 0 Å². The third-order valence-corrected chi connectivity index (χ3v) is 5.17. The first-order valence-corrected chi connectivity index (χ1v) is 9.67. The molecule has 0 bridgehead atoms. The van der Waals surface area contributed by atoms with Gasteiger partial charge in [0.2, 0.25) is 11.8 Å². The van der Waals surface area contributed by atoms with E-state index in [4.69, 9.17) is 0 Å². The fraction of sp³-hybridized carbons (Fsp3) is 0.227. The molecule has 0 unspecified atom stereocenters. The highest BCUT2D eigenvalue weighted by molar-refractivity contribution is 6.12. The fourth-order valence-electron chi connectivity index (χ4n) is 3.65. The number of benzene rings is 2. The molecule has 0 saturated carbocycles. The van der Waals surface area contributed by atoms with E-state index in [-0.39, 0.29) is 30.1 Å². The summed E-state index contributed by atoms with van der Waals surface area (Å²) < 4.78 is 13.5.